The largest absolute Gasteiger partial charge is 0.363 e. The number of rotatable bonds is 4. The zero-order chi connectivity index (χ0) is 16.9. The first-order valence-electron chi connectivity index (χ1n) is 7.65. The zero-order valence-corrected chi connectivity index (χ0v) is 13.7. The van der Waals surface area contributed by atoms with Crippen molar-refractivity contribution in [1.29, 1.82) is 0 Å². The van der Waals surface area contributed by atoms with Crippen LogP contribution >= 0.6 is 0 Å². The molecule has 0 aliphatic rings. The van der Waals surface area contributed by atoms with Gasteiger partial charge in [-0.15, -0.1) is 0 Å². The predicted molar refractivity (Wildman–Crippen MR) is 96.2 cm³/mol. The summed E-state index contributed by atoms with van der Waals surface area (Å²) >= 11 is 0. The molecule has 0 aliphatic heterocycles. The highest BCUT2D eigenvalue weighted by Crippen LogP contribution is 2.18. The van der Waals surface area contributed by atoms with E-state index in [4.69, 9.17) is 0 Å². The fourth-order valence-electron chi connectivity index (χ4n) is 2.32. The minimum Gasteiger partial charge on any atom is -0.363 e. The van der Waals surface area contributed by atoms with Crippen molar-refractivity contribution in [3.05, 3.63) is 60.6 Å². The smallest absolute Gasteiger partial charge is 0.319 e. The highest BCUT2D eigenvalue weighted by atomic mass is 16.2. The molecule has 6 heteroatoms. The standard InChI is InChI=1S/C18H19N5O/c1-23(2)17-9-10-19-16(22-17)12-20-18(24)21-15-8-7-13-5-3-4-6-14(13)11-15/h3-11H,12H2,1-2H3,(H2,20,21,24). The van der Waals surface area contributed by atoms with Gasteiger partial charge in [0, 0.05) is 26.0 Å². The molecule has 0 unspecified atom stereocenters. The van der Waals surface area contributed by atoms with Crippen LogP contribution in [-0.2, 0) is 6.54 Å². The molecule has 2 aromatic carbocycles. The highest BCUT2D eigenvalue weighted by molar-refractivity contribution is 5.93. The number of nitrogens with one attached hydrogen (secondary N) is 2. The lowest BCUT2D eigenvalue weighted by Crippen LogP contribution is -2.29. The molecule has 0 atom stereocenters. The Bertz CT molecular complexity index is 863. The maximum Gasteiger partial charge on any atom is 0.319 e. The van der Waals surface area contributed by atoms with Crippen molar-refractivity contribution in [3.8, 4) is 0 Å². The van der Waals surface area contributed by atoms with Crippen LogP contribution in [0.15, 0.2) is 54.7 Å². The molecule has 0 radical (unpaired) electrons. The van der Waals surface area contributed by atoms with E-state index in [0.717, 1.165) is 22.3 Å². The first kappa shape index (κ1) is 15.7. The van der Waals surface area contributed by atoms with Crippen molar-refractivity contribution in [2.24, 2.45) is 0 Å². The molecule has 0 aliphatic carbocycles. The number of fused-ring (bicyclic) bond motifs is 1. The lowest BCUT2D eigenvalue weighted by molar-refractivity contribution is 0.251. The van der Waals surface area contributed by atoms with Gasteiger partial charge in [-0.05, 0) is 29.0 Å². The molecule has 0 spiro atoms. The van der Waals surface area contributed by atoms with Gasteiger partial charge < -0.3 is 15.5 Å². The van der Waals surface area contributed by atoms with E-state index in [1.165, 1.54) is 0 Å². The summed E-state index contributed by atoms with van der Waals surface area (Å²) in [5.41, 5.74) is 0.745. The van der Waals surface area contributed by atoms with Gasteiger partial charge in [0.1, 0.15) is 11.6 Å². The van der Waals surface area contributed by atoms with Crippen molar-refractivity contribution < 1.29 is 4.79 Å². The third kappa shape index (κ3) is 3.78. The molecule has 1 aromatic heterocycles. The van der Waals surface area contributed by atoms with Gasteiger partial charge in [-0.2, -0.15) is 0 Å². The number of benzene rings is 2. The Morgan fingerprint density at radius 1 is 1.08 bits per heavy atom. The van der Waals surface area contributed by atoms with E-state index in [1.54, 1.807) is 6.20 Å². The molecule has 0 saturated carbocycles. The lowest BCUT2D eigenvalue weighted by Gasteiger charge is -2.12. The molecule has 0 bridgehead atoms. The summed E-state index contributed by atoms with van der Waals surface area (Å²) in [6.45, 7) is 0.265. The molecule has 1 heterocycles. The Morgan fingerprint density at radius 2 is 1.88 bits per heavy atom. The Kier molecular flexibility index (Phi) is 4.56. The molecule has 3 aromatic rings. The van der Waals surface area contributed by atoms with E-state index in [0.29, 0.717) is 5.82 Å². The Balaban J connectivity index is 1.61. The molecule has 0 fully saturated rings. The minimum absolute atomic E-state index is 0.265. The van der Waals surface area contributed by atoms with Gasteiger partial charge in [-0.3, -0.25) is 0 Å². The lowest BCUT2D eigenvalue weighted by atomic mass is 10.1. The van der Waals surface area contributed by atoms with Gasteiger partial charge in [0.05, 0.1) is 6.54 Å². The molecule has 3 rings (SSSR count). The van der Waals surface area contributed by atoms with Crippen LogP contribution in [0.1, 0.15) is 5.82 Å². The van der Waals surface area contributed by atoms with Crippen LogP contribution in [0.4, 0.5) is 16.3 Å². The average Bonchev–Trinajstić information content (AvgIpc) is 2.60. The molecular formula is C18H19N5O. The van der Waals surface area contributed by atoms with Gasteiger partial charge >= 0.3 is 6.03 Å². The third-order valence-electron chi connectivity index (χ3n) is 3.56. The van der Waals surface area contributed by atoms with E-state index in [-0.39, 0.29) is 12.6 Å². The van der Waals surface area contributed by atoms with Crippen LogP contribution in [0.25, 0.3) is 10.8 Å². The number of aromatic nitrogens is 2. The summed E-state index contributed by atoms with van der Waals surface area (Å²) in [7, 11) is 3.82. The predicted octanol–water partition coefficient (Wildman–Crippen LogP) is 3.02. The molecule has 0 saturated heterocycles. The SMILES string of the molecule is CN(C)c1ccnc(CNC(=O)Nc2ccc3ccccc3c2)n1. The molecule has 2 amide bonds. The van der Waals surface area contributed by atoms with Crippen molar-refractivity contribution in [2.45, 2.75) is 6.54 Å². The zero-order valence-electron chi connectivity index (χ0n) is 13.7. The second kappa shape index (κ2) is 6.95. The van der Waals surface area contributed by atoms with Gasteiger partial charge in [-0.25, -0.2) is 14.8 Å². The minimum atomic E-state index is -0.288. The van der Waals surface area contributed by atoms with Crippen LogP contribution < -0.4 is 15.5 Å². The van der Waals surface area contributed by atoms with Crippen molar-refractivity contribution in [1.82, 2.24) is 15.3 Å². The number of hydrogen-bond donors (Lipinski definition) is 2. The second-order valence-corrected chi connectivity index (χ2v) is 5.60. The number of hydrogen-bond acceptors (Lipinski definition) is 4. The summed E-state index contributed by atoms with van der Waals surface area (Å²) in [4.78, 5) is 22.5. The molecule has 24 heavy (non-hydrogen) atoms. The molecular weight excluding hydrogens is 302 g/mol. The van der Waals surface area contributed by atoms with Crippen molar-refractivity contribution in [2.75, 3.05) is 24.3 Å². The number of amides is 2. The fourth-order valence-corrected chi connectivity index (χ4v) is 2.32. The van der Waals surface area contributed by atoms with Crippen molar-refractivity contribution >= 4 is 28.3 Å². The van der Waals surface area contributed by atoms with Crippen molar-refractivity contribution in [3.63, 3.8) is 0 Å². The Morgan fingerprint density at radius 3 is 2.67 bits per heavy atom. The van der Waals surface area contributed by atoms with Gasteiger partial charge in [-0.1, -0.05) is 30.3 Å². The summed E-state index contributed by atoms with van der Waals surface area (Å²) in [6.07, 6.45) is 1.68. The van der Waals surface area contributed by atoms with Crippen LogP contribution in [0.2, 0.25) is 0 Å². The van der Waals surface area contributed by atoms with Gasteiger partial charge in [0.2, 0.25) is 0 Å². The maximum absolute atomic E-state index is 12.1. The molecule has 122 valence electrons. The normalized spacial score (nSPS) is 10.4. The van der Waals surface area contributed by atoms with E-state index in [2.05, 4.69) is 20.6 Å². The highest BCUT2D eigenvalue weighted by Gasteiger charge is 2.05. The summed E-state index contributed by atoms with van der Waals surface area (Å²) < 4.78 is 0. The Hall–Kier alpha value is -3.15. The Labute approximate surface area is 140 Å². The van der Waals surface area contributed by atoms with Gasteiger partial charge in [0.25, 0.3) is 0 Å². The van der Waals surface area contributed by atoms with E-state index >= 15 is 0 Å². The number of anilines is 2. The van der Waals surface area contributed by atoms with E-state index in [9.17, 15) is 4.79 Å². The summed E-state index contributed by atoms with van der Waals surface area (Å²) in [6, 6.07) is 15.3. The summed E-state index contributed by atoms with van der Waals surface area (Å²) in [5, 5.41) is 7.81. The van der Waals surface area contributed by atoms with Crippen LogP contribution in [0, 0.1) is 0 Å². The second-order valence-electron chi connectivity index (χ2n) is 5.60. The first-order valence-corrected chi connectivity index (χ1v) is 7.65. The van der Waals surface area contributed by atoms with E-state index in [1.807, 2.05) is 67.5 Å². The van der Waals surface area contributed by atoms with Gasteiger partial charge in [0.15, 0.2) is 0 Å². The van der Waals surface area contributed by atoms with Crippen LogP contribution in [-0.4, -0.2) is 30.1 Å². The number of carbonyl (C=O) groups excluding carboxylic acids is 1. The molecule has 6 nitrogen and oxygen atoms in total. The van der Waals surface area contributed by atoms with E-state index < -0.39 is 0 Å². The quantitative estimate of drug-likeness (QED) is 0.775. The van der Waals surface area contributed by atoms with Crippen LogP contribution in [0.5, 0.6) is 0 Å². The third-order valence-corrected chi connectivity index (χ3v) is 3.56. The first-order chi connectivity index (χ1) is 11.6. The number of urea groups is 1. The maximum atomic E-state index is 12.1. The molecule has 2 N–H and O–H groups in total. The number of carbonyl (C=O) groups is 1. The summed E-state index contributed by atoms with van der Waals surface area (Å²) in [5.74, 6) is 1.37. The monoisotopic (exact) mass is 321 g/mol. The number of nitrogens with zero attached hydrogens (tertiary/aromatic N) is 3. The van der Waals surface area contributed by atoms with Crippen LogP contribution in [0.3, 0.4) is 0 Å². The average molecular weight is 321 g/mol. The fraction of sp³-hybridized carbons (Fsp3) is 0.167. The topological polar surface area (TPSA) is 70.2 Å².